The van der Waals surface area contributed by atoms with E-state index in [9.17, 15) is 4.79 Å². The number of carbonyl (C=O) groups is 1. The number of aliphatic imine (C=N–C) groups is 1. The highest BCUT2D eigenvalue weighted by Crippen LogP contribution is 2.03. The number of Topliss-reactive ketones (excluding diaryl/α,β-unsaturated/α-hetero) is 1. The van der Waals surface area contributed by atoms with Crippen molar-refractivity contribution in [3.63, 3.8) is 0 Å². The molecule has 0 N–H and O–H groups in total. The van der Waals surface area contributed by atoms with Crippen molar-refractivity contribution in [3.8, 4) is 0 Å². The van der Waals surface area contributed by atoms with Crippen LogP contribution >= 0.6 is 0 Å². The molecule has 3 heteroatoms. The molecule has 0 aromatic heterocycles. The van der Waals surface area contributed by atoms with Crippen molar-refractivity contribution in [2.24, 2.45) is 4.99 Å². The Kier molecular flexibility index (Phi) is 1.34. The van der Waals surface area contributed by atoms with Crippen LogP contribution in [0.15, 0.2) is 16.9 Å². The van der Waals surface area contributed by atoms with Gasteiger partial charge in [0.05, 0.1) is 6.20 Å². The van der Waals surface area contributed by atoms with Crippen LogP contribution in [0.3, 0.4) is 0 Å². The van der Waals surface area contributed by atoms with Gasteiger partial charge in [0.25, 0.3) is 0 Å². The van der Waals surface area contributed by atoms with Gasteiger partial charge in [-0.05, 0) is 6.92 Å². The fraction of sp³-hybridized carbons (Fsp3) is 0.333. The molecule has 0 fully saturated rings. The molecule has 1 heterocycles. The molecule has 0 aliphatic carbocycles. The summed E-state index contributed by atoms with van der Waals surface area (Å²) in [6, 6.07) is 0. The van der Waals surface area contributed by atoms with Crippen molar-refractivity contribution in [1.29, 1.82) is 0 Å². The van der Waals surface area contributed by atoms with Gasteiger partial charge in [-0.2, -0.15) is 0 Å². The normalized spacial score (nSPS) is 16.2. The summed E-state index contributed by atoms with van der Waals surface area (Å²) in [5.41, 5.74) is 0.451. The van der Waals surface area contributed by atoms with Crippen molar-refractivity contribution in [2.75, 3.05) is 0 Å². The van der Waals surface area contributed by atoms with E-state index in [4.69, 9.17) is 0 Å². The van der Waals surface area contributed by atoms with Gasteiger partial charge in [-0.1, -0.05) is 0 Å². The lowest BCUT2D eigenvalue weighted by Crippen LogP contribution is -1.97. The minimum absolute atomic E-state index is 0.0319. The zero-order valence-corrected chi connectivity index (χ0v) is 5.38. The fourth-order valence-electron chi connectivity index (χ4n) is 0.556. The molecule has 47 valence electrons. The molecule has 1 aliphatic rings. The Bertz CT molecular complexity index is 203. The minimum Gasteiger partial charge on any atom is -0.293 e. The van der Waals surface area contributed by atoms with Crippen LogP contribution in [0, 0.1) is 0 Å². The maximum atomic E-state index is 10.6. The molecule has 0 saturated carbocycles. The summed E-state index contributed by atoms with van der Waals surface area (Å²) in [5, 5.41) is 3.81. The van der Waals surface area contributed by atoms with Crippen LogP contribution in [0.25, 0.3) is 0 Å². The monoisotopic (exact) mass is 123 g/mol. The molecular formula is C6H7N2O. The molecule has 9 heavy (non-hydrogen) atoms. The molecule has 0 aromatic rings. The van der Waals surface area contributed by atoms with Gasteiger partial charge in [0.2, 0.25) is 0 Å². The summed E-state index contributed by atoms with van der Waals surface area (Å²) in [4.78, 5) is 14.4. The topological polar surface area (TPSA) is 43.5 Å². The second kappa shape index (κ2) is 2.01. The highest BCUT2D eigenvalue weighted by molar-refractivity contribution is 5.99. The van der Waals surface area contributed by atoms with Crippen molar-refractivity contribution in [2.45, 2.75) is 13.8 Å². The Morgan fingerprint density at radius 2 is 2.33 bits per heavy atom. The van der Waals surface area contributed by atoms with Crippen molar-refractivity contribution in [1.82, 2.24) is 5.32 Å². The van der Waals surface area contributed by atoms with Crippen LogP contribution < -0.4 is 5.32 Å². The maximum Gasteiger partial charge on any atom is 0.179 e. The van der Waals surface area contributed by atoms with Gasteiger partial charge < -0.3 is 0 Å². The fourth-order valence-corrected chi connectivity index (χ4v) is 0.556. The Morgan fingerprint density at radius 1 is 1.67 bits per heavy atom. The second-order valence-corrected chi connectivity index (χ2v) is 1.86. The van der Waals surface area contributed by atoms with Gasteiger partial charge in [-0.25, -0.2) is 10.3 Å². The van der Waals surface area contributed by atoms with Crippen LogP contribution in [-0.2, 0) is 4.79 Å². The average Bonchev–Trinajstić information content (AvgIpc) is 2.14. The van der Waals surface area contributed by atoms with E-state index in [0.29, 0.717) is 11.5 Å². The summed E-state index contributed by atoms with van der Waals surface area (Å²) >= 11 is 0. The van der Waals surface area contributed by atoms with Crippen molar-refractivity contribution in [3.05, 3.63) is 11.9 Å². The molecule has 0 unspecified atom stereocenters. The zero-order chi connectivity index (χ0) is 6.85. The summed E-state index contributed by atoms with van der Waals surface area (Å²) in [6.07, 6.45) is 1.48. The molecule has 0 aromatic carbocycles. The van der Waals surface area contributed by atoms with Gasteiger partial charge in [0.15, 0.2) is 5.78 Å². The van der Waals surface area contributed by atoms with Crippen LogP contribution in [0.4, 0.5) is 0 Å². The smallest absolute Gasteiger partial charge is 0.179 e. The second-order valence-electron chi connectivity index (χ2n) is 1.86. The molecule has 0 spiro atoms. The third-order valence-corrected chi connectivity index (χ3v) is 1.02. The molecule has 0 saturated heterocycles. The first-order valence-corrected chi connectivity index (χ1v) is 2.67. The molecule has 0 amide bonds. The highest BCUT2D eigenvalue weighted by atomic mass is 16.1. The zero-order valence-electron chi connectivity index (χ0n) is 5.38. The SMILES string of the molecule is CC(=O)C1=C[N]C(C)=N1. The number of amidine groups is 1. The molecule has 1 radical (unpaired) electrons. The lowest BCUT2D eigenvalue weighted by Gasteiger charge is -1.83. The Hall–Kier alpha value is -1.12. The van der Waals surface area contributed by atoms with E-state index in [1.165, 1.54) is 13.1 Å². The standard InChI is InChI=1S/C6H7N2O/c1-4(9)6-3-7-5(2)8-6/h3H,1-2H3. The number of allylic oxidation sites excluding steroid dienone is 1. The first kappa shape index (κ1) is 6.01. The molecular weight excluding hydrogens is 116 g/mol. The summed E-state index contributed by atoms with van der Waals surface area (Å²) in [6.45, 7) is 3.23. The van der Waals surface area contributed by atoms with E-state index in [1.807, 2.05) is 0 Å². The highest BCUT2D eigenvalue weighted by Gasteiger charge is 2.08. The van der Waals surface area contributed by atoms with Crippen LogP contribution in [-0.4, -0.2) is 11.6 Å². The lowest BCUT2D eigenvalue weighted by atomic mass is 10.3. The number of hydrogen-bond donors (Lipinski definition) is 0. The van der Waals surface area contributed by atoms with Gasteiger partial charge in [0, 0.05) is 6.92 Å². The quantitative estimate of drug-likeness (QED) is 0.499. The number of carbonyl (C=O) groups excluding carboxylic acids is 1. The van der Waals surface area contributed by atoms with Crippen molar-refractivity contribution < 1.29 is 4.79 Å². The van der Waals surface area contributed by atoms with Crippen LogP contribution in [0.1, 0.15) is 13.8 Å². The number of ketones is 1. The van der Waals surface area contributed by atoms with E-state index >= 15 is 0 Å². The van der Waals surface area contributed by atoms with Crippen LogP contribution in [0.2, 0.25) is 0 Å². The summed E-state index contributed by atoms with van der Waals surface area (Å²) in [7, 11) is 0. The first-order chi connectivity index (χ1) is 4.20. The Balaban J connectivity index is 2.75. The number of rotatable bonds is 1. The number of nitrogens with zero attached hydrogens (tertiary/aromatic N) is 2. The van der Waals surface area contributed by atoms with E-state index in [0.717, 1.165) is 0 Å². The molecule has 0 bridgehead atoms. The molecule has 3 nitrogen and oxygen atoms in total. The van der Waals surface area contributed by atoms with Gasteiger partial charge in [-0.3, -0.25) is 4.79 Å². The lowest BCUT2D eigenvalue weighted by molar-refractivity contribution is -0.113. The molecule has 0 atom stereocenters. The van der Waals surface area contributed by atoms with E-state index in [2.05, 4.69) is 10.3 Å². The predicted octanol–water partition coefficient (Wildman–Crippen LogP) is 0.453. The third-order valence-electron chi connectivity index (χ3n) is 1.02. The maximum absolute atomic E-state index is 10.6. The van der Waals surface area contributed by atoms with Crippen molar-refractivity contribution >= 4 is 11.6 Å². The Labute approximate surface area is 53.5 Å². The first-order valence-electron chi connectivity index (χ1n) is 2.67. The summed E-state index contributed by atoms with van der Waals surface area (Å²) in [5.74, 6) is 0.621. The van der Waals surface area contributed by atoms with E-state index in [-0.39, 0.29) is 5.78 Å². The predicted molar refractivity (Wildman–Crippen MR) is 34.0 cm³/mol. The third kappa shape index (κ3) is 1.16. The largest absolute Gasteiger partial charge is 0.293 e. The van der Waals surface area contributed by atoms with E-state index < -0.39 is 0 Å². The van der Waals surface area contributed by atoms with Crippen LogP contribution in [0.5, 0.6) is 0 Å². The Morgan fingerprint density at radius 3 is 2.56 bits per heavy atom. The average molecular weight is 123 g/mol. The van der Waals surface area contributed by atoms with Gasteiger partial charge in [-0.15, -0.1) is 0 Å². The minimum atomic E-state index is -0.0319. The number of hydrogen-bond acceptors (Lipinski definition) is 2. The van der Waals surface area contributed by atoms with Gasteiger partial charge in [0.1, 0.15) is 11.5 Å². The van der Waals surface area contributed by atoms with Gasteiger partial charge >= 0.3 is 0 Å². The van der Waals surface area contributed by atoms with E-state index in [1.54, 1.807) is 6.92 Å². The summed E-state index contributed by atoms with van der Waals surface area (Å²) < 4.78 is 0. The molecule has 1 aliphatic heterocycles. The molecule has 1 rings (SSSR count).